The molecule has 0 aromatic heterocycles. The summed E-state index contributed by atoms with van der Waals surface area (Å²) in [5.41, 5.74) is 1.80. The second kappa shape index (κ2) is 10.6. The zero-order valence-electron chi connectivity index (χ0n) is 18.9. The number of urea groups is 1. The molecule has 8 nitrogen and oxygen atoms in total. The zero-order valence-corrected chi connectivity index (χ0v) is 20.4. The first-order valence-corrected chi connectivity index (χ1v) is 11.4. The molecule has 1 aliphatic rings. The Labute approximate surface area is 216 Å². The number of nitrogens with one attached hydrogen (secondary N) is 2. The lowest BCUT2D eigenvalue weighted by molar-refractivity contribution is -0.122. The fraction of sp³-hybridized carbons (Fsp3) is 0.0769. The molecule has 2 N–H and O–H groups in total. The van der Waals surface area contributed by atoms with Gasteiger partial charge < -0.3 is 10.1 Å². The minimum Gasteiger partial charge on any atom is -0.483 e. The van der Waals surface area contributed by atoms with Crippen LogP contribution in [0.5, 0.6) is 5.75 Å². The van der Waals surface area contributed by atoms with E-state index in [1.54, 1.807) is 30.3 Å². The first-order valence-electron chi connectivity index (χ1n) is 10.7. The Hall–Kier alpha value is -4.14. The van der Waals surface area contributed by atoms with Crippen LogP contribution in [-0.4, -0.2) is 30.4 Å². The van der Waals surface area contributed by atoms with Gasteiger partial charge in [-0.05, 0) is 61.5 Å². The van der Waals surface area contributed by atoms with E-state index >= 15 is 0 Å². The molecular weight excluding hydrogens is 505 g/mol. The summed E-state index contributed by atoms with van der Waals surface area (Å²) in [6.07, 6.45) is 1.25. The number of nitrogens with zero attached hydrogens (tertiary/aromatic N) is 1. The summed E-state index contributed by atoms with van der Waals surface area (Å²) in [7, 11) is 0. The van der Waals surface area contributed by atoms with Crippen LogP contribution in [0.15, 0.2) is 72.3 Å². The number of ether oxygens (including phenoxy) is 1. The van der Waals surface area contributed by atoms with Crippen molar-refractivity contribution in [2.75, 3.05) is 16.8 Å². The van der Waals surface area contributed by atoms with E-state index in [2.05, 4.69) is 10.6 Å². The summed E-state index contributed by atoms with van der Waals surface area (Å²) >= 11 is 12.1. The maximum Gasteiger partial charge on any atom is 0.335 e. The lowest BCUT2D eigenvalue weighted by Crippen LogP contribution is -2.54. The number of benzene rings is 3. The zero-order chi connectivity index (χ0) is 25.8. The second-order valence-electron chi connectivity index (χ2n) is 7.82. The molecule has 1 heterocycles. The van der Waals surface area contributed by atoms with Crippen molar-refractivity contribution >= 4 is 64.4 Å². The number of hydrogen-bond acceptors (Lipinski definition) is 5. The average molecular weight is 524 g/mol. The van der Waals surface area contributed by atoms with E-state index in [0.717, 1.165) is 10.5 Å². The summed E-state index contributed by atoms with van der Waals surface area (Å²) < 4.78 is 5.65. The Morgan fingerprint density at radius 2 is 1.72 bits per heavy atom. The summed E-state index contributed by atoms with van der Waals surface area (Å²) in [5, 5.41) is 5.48. The van der Waals surface area contributed by atoms with Gasteiger partial charge >= 0.3 is 6.03 Å². The van der Waals surface area contributed by atoms with Crippen molar-refractivity contribution in [2.24, 2.45) is 0 Å². The molecule has 10 heteroatoms. The standard InChI is InChI=1S/C26H19Cl2N3O5/c1-15-5-8-19(9-6-15)29-23(32)14-36-22-10-7-18(28)11-16(22)12-21-24(33)30-26(35)31(25(21)34)20-4-2-3-17(27)13-20/h2-13H,14H2,1H3,(H,29,32)(H,30,33,35)/b21-12+. The van der Waals surface area contributed by atoms with Crippen LogP contribution in [0.25, 0.3) is 6.08 Å². The smallest absolute Gasteiger partial charge is 0.335 e. The van der Waals surface area contributed by atoms with Crippen LogP contribution in [0.4, 0.5) is 16.2 Å². The Morgan fingerprint density at radius 1 is 1.00 bits per heavy atom. The number of imide groups is 2. The summed E-state index contributed by atoms with van der Waals surface area (Å²) in [6, 6.07) is 17.0. The highest BCUT2D eigenvalue weighted by atomic mass is 35.5. The van der Waals surface area contributed by atoms with Crippen LogP contribution in [-0.2, 0) is 14.4 Å². The molecule has 0 unspecified atom stereocenters. The van der Waals surface area contributed by atoms with Crippen LogP contribution in [0.2, 0.25) is 10.0 Å². The quantitative estimate of drug-likeness (QED) is 0.350. The molecule has 1 saturated heterocycles. The van der Waals surface area contributed by atoms with E-state index < -0.39 is 23.8 Å². The molecule has 0 aliphatic carbocycles. The van der Waals surface area contributed by atoms with E-state index in [1.807, 2.05) is 19.1 Å². The lowest BCUT2D eigenvalue weighted by atomic mass is 10.1. The van der Waals surface area contributed by atoms with Gasteiger partial charge in [-0.25, -0.2) is 9.69 Å². The highest BCUT2D eigenvalue weighted by Gasteiger charge is 2.37. The third-order valence-electron chi connectivity index (χ3n) is 5.13. The first kappa shape index (κ1) is 25.0. The monoisotopic (exact) mass is 523 g/mol. The number of carbonyl (C=O) groups is 4. The molecule has 182 valence electrons. The molecule has 3 aromatic rings. The van der Waals surface area contributed by atoms with Crippen LogP contribution in [0.3, 0.4) is 0 Å². The van der Waals surface area contributed by atoms with Gasteiger partial charge in [0.15, 0.2) is 6.61 Å². The van der Waals surface area contributed by atoms with Crippen LogP contribution in [0, 0.1) is 6.92 Å². The molecule has 0 atom stereocenters. The molecule has 1 aliphatic heterocycles. The number of hydrogen-bond donors (Lipinski definition) is 2. The third-order valence-corrected chi connectivity index (χ3v) is 5.60. The second-order valence-corrected chi connectivity index (χ2v) is 8.70. The van der Waals surface area contributed by atoms with Crippen molar-refractivity contribution in [3.05, 3.63) is 93.5 Å². The molecule has 5 amide bonds. The van der Waals surface area contributed by atoms with Crippen LogP contribution in [0.1, 0.15) is 11.1 Å². The predicted molar refractivity (Wildman–Crippen MR) is 137 cm³/mol. The number of barbiturate groups is 1. The largest absolute Gasteiger partial charge is 0.483 e. The van der Waals surface area contributed by atoms with Gasteiger partial charge in [-0.2, -0.15) is 0 Å². The van der Waals surface area contributed by atoms with Gasteiger partial charge in [0.2, 0.25) is 0 Å². The highest BCUT2D eigenvalue weighted by molar-refractivity contribution is 6.39. The lowest BCUT2D eigenvalue weighted by Gasteiger charge is -2.26. The SMILES string of the molecule is Cc1ccc(NC(=O)COc2ccc(Cl)cc2/C=C2\C(=O)NC(=O)N(c3cccc(Cl)c3)C2=O)cc1. The van der Waals surface area contributed by atoms with Crippen molar-refractivity contribution in [1.82, 2.24) is 5.32 Å². The highest BCUT2D eigenvalue weighted by Crippen LogP contribution is 2.28. The van der Waals surface area contributed by atoms with Crippen LogP contribution < -0.4 is 20.3 Å². The summed E-state index contributed by atoms with van der Waals surface area (Å²) in [4.78, 5) is 51.3. The fourth-order valence-electron chi connectivity index (χ4n) is 3.40. The van der Waals surface area contributed by atoms with Crippen molar-refractivity contribution in [2.45, 2.75) is 6.92 Å². The number of anilines is 2. The molecule has 0 bridgehead atoms. The van der Waals surface area contributed by atoms with Gasteiger partial charge in [0.05, 0.1) is 5.69 Å². The molecular formula is C26H19Cl2N3O5. The van der Waals surface area contributed by atoms with E-state index in [9.17, 15) is 19.2 Å². The molecule has 1 fully saturated rings. The van der Waals surface area contributed by atoms with Gasteiger partial charge in [-0.3, -0.25) is 19.7 Å². The number of aryl methyl sites for hydroxylation is 1. The molecule has 0 saturated carbocycles. The Bertz CT molecular complexity index is 1400. The van der Waals surface area contributed by atoms with Gasteiger partial charge in [0.1, 0.15) is 11.3 Å². The van der Waals surface area contributed by atoms with E-state index in [-0.39, 0.29) is 29.2 Å². The molecule has 0 spiro atoms. The normalized spacial score (nSPS) is 14.6. The third kappa shape index (κ3) is 5.73. The fourth-order valence-corrected chi connectivity index (χ4v) is 3.77. The van der Waals surface area contributed by atoms with Crippen molar-refractivity contribution in [3.63, 3.8) is 0 Å². The van der Waals surface area contributed by atoms with Gasteiger partial charge in [-0.15, -0.1) is 0 Å². The minimum atomic E-state index is -0.903. The molecule has 36 heavy (non-hydrogen) atoms. The number of amides is 5. The number of halogens is 2. The minimum absolute atomic E-state index is 0.193. The Kier molecular flexibility index (Phi) is 7.38. The molecule has 4 rings (SSSR count). The molecule has 0 radical (unpaired) electrons. The van der Waals surface area contributed by atoms with Crippen molar-refractivity contribution in [3.8, 4) is 5.75 Å². The Balaban J connectivity index is 1.58. The summed E-state index contributed by atoms with van der Waals surface area (Å²) in [5.74, 6) is -1.94. The maximum absolute atomic E-state index is 13.1. The van der Waals surface area contributed by atoms with E-state index in [1.165, 1.54) is 30.3 Å². The number of carbonyl (C=O) groups excluding carboxylic acids is 4. The van der Waals surface area contributed by atoms with E-state index in [0.29, 0.717) is 15.7 Å². The van der Waals surface area contributed by atoms with E-state index in [4.69, 9.17) is 27.9 Å². The average Bonchev–Trinajstić information content (AvgIpc) is 2.82. The Morgan fingerprint density at radius 3 is 2.44 bits per heavy atom. The van der Waals surface area contributed by atoms with Gasteiger partial charge in [0, 0.05) is 21.3 Å². The van der Waals surface area contributed by atoms with Crippen LogP contribution >= 0.6 is 23.2 Å². The maximum atomic E-state index is 13.1. The van der Waals surface area contributed by atoms with Gasteiger partial charge in [-0.1, -0.05) is 47.0 Å². The topological polar surface area (TPSA) is 105 Å². The summed E-state index contributed by atoms with van der Waals surface area (Å²) in [6.45, 7) is 1.60. The van der Waals surface area contributed by atoms with Gasteiger partial charge in [0.25, 0.3) is 17.7 Å². The van der Waals surface area contributed by atoms with Crippen molar-refractivity contribution < 1.29 is 23.9 Å². The predicted octanol–water partition coefficient (Wildman–Crippen LogP) is 4.99. The first-order chi connectivity index (χ1) is 17.2. The number of rotatable bonds is 6. The molecule has 3 aromatic carbocycles. The van der Waals surface area contributed by atoms with Crippen molar-refractivity contribution in [1.29, 1.82) is 0 Å².